The number of alkyl halides is 2. The van der Waals surface area contributed by atoms with Gasteiger partial charge >= 0.3 is 0 Å². The molecule has 10 nitrogen and oxygen atoms in total. The molecular formula is C23H29F2N7O3S2. The molecule has 200 valence electrons. The van der Waals surface area contributed by atoms with Gasteiger partial charge in [0.15, 0.2) is 10.0 Å². The molecule has 2 aliphatic rings. The number of fused-ring (bicyclic) bond motifs is 1. The fourth-order valence-corrected chi connectivity index (χ4v) is 6.61. The Hall–Kier alpha value is -2.39. The van der Waals surface area contributed by atoms with Crippen LogP contribution in [0.15, 0.2) is 17.0 Å². The van der Waals surface area contributed by atoms with E-state index in [9.17, 15) is 22.3 Å². The van der Waals surface area contributed by atoms with Crippen LogP contribution in [0.25, 0.3) is 21.6 Å². The fraction of sp³-hybridized carbons (Fsp3) is 0.565. The zero-order valence-electron chi connectivity index (χ0n) is 20.9. The number of anilines is 1. The summed E-state index contributed by atoms with van der Waals surface area (Å²) in [7, 11) is -3.92. The highest BCUT2D eigenvalue weighted by Gasteiger charge is 2.42. The van der Waals surface area contributed by atoms with Crippen molar-refractivity contribution >= 4 is 38.0 Å². The van der Waals surface area contributed by atoms with Crippen LogP contribution < -0.4 is 14.9 Å². The maximum atomic E-state index is 13.5. The highest BCUT2D eigenvalue weighted by Crippen LogP contribution is 2.40. The lowest BCUT2D eigenvalue weighted by molar-refractivity contribution is 0.0364. The van der Waals surface area contributed by atoms with E-state index in [4.69, 9.17) is 0 Å². The van der Waals surface area contributed by atoms with Gasteiger partial charge in [0.1, 0.15) is 11.5 Å². The Morgan fingerprint density at radius 1 is 1.27 bits per heavy atom. The van der Waals surface area contributed by atoms with E-state index in [1.807, 2.05) is 11.8 Å². The molecule has 0 unspecified atom stereocenters. The van der Waals surface area contributed by atoms with Crippen molar-refractivity contribution in [2.24, 2.45) is 0 Å². The van der Waals surface area contributed by atoms with Crippen molar-refractivity contribution in [2.45, 2.75) is 69.0 Å². The monoisotopic (exact) mass is 553 g/mol. The second kappa shape index (κ2) is 9.12. The summed E-state index contributed by atoms with van der Waals surface area (Å²) in [5.41, 5.74) is -0.233. The van der Waals surface area contributed by atoms with Gasteiger partial charge in [0.25, 0.3) is 6.43 Å². The van der Waals surface area contributed by atoms with E-state index in [1.54, 1.807) is 26.8 Å². The Morgan fingerprint density at radius 3 is 2.62 bits per heavy atom. The van der Waals surface area contributed by atoms with Crippen LogP contribution in [0, 0.1) is 6.92 Å². The molecule has 1 aliphatic heterocycles. The zero-order chi connectivity index (χ0) is 26.8. The van der Waals surface area contributed by atoms with Gasteiger partial charge in [0.2, 0.25) is 10.0 Å². The van der Waals surface area contributed by atoms with Crippen LogP contribution in [0.1, 0.15) is 50.9 Å². The molecule has 1 atom stereocenters. The van der Waals surface area contributed by atoms with E-state index in [2.05, 4.69) is 30.2 Å². The topological polar surface area (TPSA) is 133 Å². The molecule has 37 heavy (non-hydrogen) atoms. The smallest absolute Gasteiger partial charge is 0.291 e. The average molecular weight is 554 g/mol. The summed E-state index contributed by atoms with van der Waals surface area (Å²) in [5, 5.41) is 21.5. The fourth-order valence-electron chi connectivity index (χ4n) is 4.39. The molecule has 1 saturated heterocycles. The number of aromatic nitrogens is 4. The van der Waals surface area contributed by atoms with Gasteiger partial charge in [-0.1, -0.05) is 11.3 Å². The van der Waals surface area contributed by atoms with Crippen molar-refractivity contribution < 1.29 is 22.3 Å². The Morgan fingerprint density at radius 2 is 2.00 bits per heavy atom. The largest absolute Gasteiger partial charge is 0.389 e. The molecule has 0 spiro atoms. The number of hydrogen-bond acceptors (Lipinski definition) is 10. The minimum absolute atomic E-state index is 0.0220. The summed E-state index contributed by atoms with van der Waals surface area (Å²) in [6, 6.07) is 2.78. The van der Waals surface area contributed by atoms with Crippen molar-refractivity contribution in [1.82, 2.24) is 30.2 Å². The SMILES string of the molecule is Cc1nc(-c2nnc(C(F)F)s2)c2cc(S(=O)(=O)NC3(C)CC3)cc(N3CCN[C@@H](C(C)(C)O)C3)c2n1. The highest BCUT2D eigenvalue weighted by atomic mass is 32.2. The summed E-state index contributed by atoms with van der Waals surface area (Å²) in [6.07, 6.45) is -1.30. The number of hydrogen-bond donors (Lipinski definition) is 3. The molecule has 3 aromatic rings. The van der Waals surface area contributed by atoms with Gasteiger partial charge in [-0.15, -0.1) is 10.2 Å². The van der Waals surface area contributed by atoms with Crippen LogP contribution >= 0.6 is 11.3 Å². The quantitative estimate of drug-likeness (QED) is 0.404. The van der Waals surface area contributed by atoms with E-state index in [1.165, 1.54) is 6.07 Å². The highest BCUT2D eigenvalue weighted by molar-refractivity contribution is 7.89. The number of aliphatic hydroxyl groups is 1. The number of piperazine rings is 1. The number of rotatable bonds is 7. The van der Waals surface area contributed by atoms with Crippen molar-refractivity contribution in [1.29, 1.82) is 0 Å². The average Bonchev–Trinajstić information content (AvgIpc) is 3.32. The van der Waals surface area contributed by atoms with Crippen molar-refractivity contribution in [3.63, 3.8) is 0 Å². The lowest BCUT2D eigenvalue weighted by atomic mass is 9.96. The summed E-state index contributed by atoms with van der Waals surface area (Å²) < 4.78 is 56.2. The Labute approximate surface area is 217 Å². The number of halogens is 2. The molecule has 0 amide bonds. The van der Waals surface area contributed by atoms with Gasteiger partial charge < -0.3 is 15.3 Å². The standard InChI is InChI=1S/C23H29F2N7O3S2/c1-12-27-17-14(18(28-12)20-29-30-21(36-20)19(24)25)9-13(37(34,35)31-23(4)5-6-23)10-15(17)32-8-7-26-16(11-32)22(2,3)33/h9-10,16,19,26,31,33H,5-8,11H2,1-4H3/t16-/m1/s1. The summed E-state index contributed by atoms with van der Waals surface area (Å²) in [4.78, 5) is 11.1. The van der Waals surface area contributed by atoms with E-state index in [0.29, 0.717) is 53.4 Å². The van der Waals surface area contributed by atoms with Gasteiger partial charge in [-0.05, 0) is 52.7 Å². The minimum atomic E-state index is -3.92. The van der Waals surface area contributed by atoms with Crippen LogP contribution in [-0.4, -0.2) is 70.5 Å². The number of nitrogens with zero attached hydrogens (tertiary/aromatic N) is 5. The first kappa shape index (κ1) is 26.2. The van der Waals surface area contributed by atoms with Crippen molar-refractivity contribution in [3.8, 4) is 10.7 Å². The van der Waals surface area contributed by atoms with Gasteiger partial charge in [-0.2, -0.15) is 0 Å². The maximum Gasteiger partial charge on any atom is 0.291 e. The van der Waals surface area contributed by atoms with Crippen LogP contribution in [0.5, 0.6) is 0 Å². The predicted octanol–water partition coefficient (Wildman–Crippen LogP) is 2.77. The summed E-state index contributed by atoms with van der Waals surface area (Å²) >= 11 is 0.712. The van der Waals surface area contributed by atoms with Gasteiger partial charge in [0, 0.05) is 30.6 Å². The number of benzene rings is 1. The molecule has 3 heterocycles. The summed E-state index contributed by atoms with van der Waals surface area (Å²) in [5.74, 6) is 0.381. The van der Waals surface area contributed by atoms with E-state index in [-0.39, 0.29) is 21.6 Å². The number of aryl methyl sites for hydroxylation is 1. The second-order valence-electron chi connectivity index (χ2n) is 10.5. The first-order valence-corrected chi connectivity index (χ1v) is 14.2. The molecule has 5 rings (SSSR count). The lowest BCUT2D eigenvalue weighted by Gasteiger charge is -2.40. The first-order chi connectivity index (χ1) is 17.3. The Kier molecular flexibility index (Phi) is 6.46. The molecule has 0 bridgehead atoms. The number of nitrogens with one attached hydrogen (secondary N) is 2. The van der Waals surface area contributed by atoms with Crippen LogP contribution in [-0.2, 0) is 10.0 Å². The number of sulfonamides is 1. The van der Waals surface area contributed by atoms with Gasteiger partial charge in [0.05, 0.1) is 27.7 Å². The van der Waals surface area contributed by atoms with Gasteiger partial charge in [-0.3, -0.25) is 0 Å². The summed E-state index contributed by atoms with van der Waals surface area (Å²) in [6.45, 7) is 8.47. The Balaban J connectivity index is 1.72. The molecule has 1 aliphatic carbocycles. The third kappa shape index (κ3) is 5.30. The van der Waals surface area contributed by atoms with Crippen LogP contribution in [0.3, 0.4) is 0 Å². The van der Waals surface area contributed by atoms with Crippen molar-refractivity contribution in [3.05, 3.63) is 23.0 Å². The third-order valence-corrected chi connectivity index (χ3v) is 9.31. The third-order valence-electron chi connectivity index (χ3n) is 6.76. The molecule has 0 radical (unpaired) electrons. The molecule has 3 N–H and O–H groups in total. The molecule has 1 saturated carbocycles. The van der Waals surface area contributed by atoms with Gasteiger partial charge in [-0.25, -0.2) is 31.9 Å². The minimum Gasteiger partial charge on any atom is -0.389 e. The van der Waals surface area contributed by atoms with Crippen LogP contribution in [0.2, 0.25) is 0 Å². The Bertz CT molecular complexity index is 1450. The molecule has 2 aromatic heterocycles. The van der Waals surface area contributed by atoms with E-state index >= 15 is 0 Å². The normalized spacial score (nSPS) is 20.1. The predicted molar refractivity (Wildman–Crippen MR) is 136 cm³/mol. The zero-order valence-corrected chi connectivity index (χ0v) is 22.6. The molecule has 1 aromatic carbocycles. The maximum absolute atomic E-state index is 13.5. The van der Waals surface area contributed by atoms with E-state index < -0.39 is 32.6 Å². The lowest BCUT2D eigenvalue weighted by Crippen LogP contribution is -2.59. The first-order valence-electron chi connectivity index (χ1n) is 11.9. The molecule has 14 heteroatoms. The van der Waals surface area contributed by atoms with Crippen molar-refractivity contribution in [2.75, 3.05) is 24.5 Å². The molecule has 2 fully saturated rings. The van der Waals surface area contributed by atoms with E-state index in [0.717, 1.165) is 12.8 Å². The molecular weight excluding hydrogens is 524 g/mol. The second-order valence-corrected chi connectivity index (χ2v) is 13.2. The van der Waals surface area contributed by atoms with Crippen LogP contribution in [0.4, 0.5) is 14.5 Å².